The van der Waals surface area contributed by atoms with Gasteiger partial charge in [0.05, 0.1) is 11.3 Å². The van der Waals surface area contributed by atoms with Gasteiger partial charge in [-0.05, 0) is 25.8 Å². The number of carbonyl (C=O) groups excluding carboxylic acids is 1. The topological polar surface area (TPSA) is 125 Å². The summed E-state index contributed by atoms with van der Waals surface area (Å²) in [5.74, 6) is 0.229. The normalized spacial score (nSPS) is 11.0. The van der Waals surface area contributed by atoms with E-state index in [0.29, 0.717) is 40.9 Å². The van der Waals surface area contributed by atoms with Crippen LogP contribution >= 0.6 is 11.3 Å². The molecule has 0 saturated carbocycles. The lowest BCUT2D eigenvalue weighted by Gasteiger charge is -2.05. The standard InChI is InChI=1S/C15H19N7OS/c1-2-22-12-11(21-14(22)16)6-9(7-19-12)13(23)18-5-3-4-10-8-24-15(17)20-10/h6-8H,2-5H2,1H3,(H2,16,21)(H2,17,20)(H,18,23). The third-order valence-electron chi connectivity index (χ3n) is 3.66. The highest BCUT2D eigenvalue weighted by Gasteiger charge is 2.12. The summed E-state index contributed by atoms with van der Waals surface area (Å²) in [6.45, 7) is 3.21. The maximum absolute atomic E-state index is 12.2. The van der Waals surface area contributed by atoms with E-state index in [9.17, 15) is 4.79 Å². The predicted octanol–water partition coefficient (Wildman–Crippen LogP) is 1.43. The average Bonchev–Trinajstić information content (AvgIpc) is 3.12. The van der Waals surface area contributed by atoms with Crippen molar-refractivity contribution in [3.8, 4) is 0 Å². The number of hydrogen-bond donors (Lipinski definition) is 3. The minimum absolute atomic E-state index is 0.174. The van der Waals surface area contributed by atoms with E-state index < -0.39 is 0 Å². The van der Waals surface area contributed by atoms with E-state index in [1.807, 2.05) is 12.3 Å². The molecule has 0 spiro atoms. The largest absolute Gasteiger partial charge is 0.375 e. The number of aryl methyl sites for hydroxylation is 2. The highest BCUT2D eigenvalue weighted by molar-refractivity contribution is 7.13. The van der Waals surface area contributed by atoms with Gasteiger partial charge >= 0.3 is 0 Å². The van der Waals surface area contributed by atoms with Gasteiger partial charge in [-0.15, -0.1) is 11.3 Å². The molecule has 0 saturated heterocycles. The van der Waals surface area contributed by atoms with Crippen LogP contribution in [0.5, 0.6) is 0 Å². The lowest BCUT2D eigenvalue weighted by atomic mass is 10.2. The van der Waals surface area contributed by atoms with Crippen LogP contribution in [0.3, 0.4) is 0 Å². The van der Waals surface area contributed by atoms with Crippen LogP contribution in [0.25, 0.3) is 11.2 Å². The number of aromatic nitrogens is 4. The molecule has 0 aliphatic rings. The first kappa shape index (κ1) is 16.2. The fourth-order valence-electron chi connectivity index (χ4n) is 2.48. The number of amides is 1. The van der Waals surface area contributed by atoms with Gasteiger partial charge in [0.1, 0.15) is 5.52 Å². The number of anilines is 2. The van der Waals surface area contributed by atoms with Crippen molar-refractivity contribution in [1.82, 2.24) is 24.8 Å². The Morgan fingerprint density at radius 1 is 1.38 bits per heavy atom. The van der Waals surface area contributed by atoms with Crippen LogP contribution in [0.4, 0.5) is 11.1 Å². The number of carbonyl (C=O) groups is 1. The number of imidazole rings is 1. The molecule has 9 heteroatoms. The van der Waals surface area contributed by atoms with Gasteiger partial charge in [0.25, 0.3) is 5.91 Å². The molecule has 0 atom stereocenters. The van der Waals surface area contributed by atoms with Gasteiger partial charge in [0.15, 0.2) is 10.8 Å². The van der Waals surface area contributed by atoms with Gasteiger partial charge in [-0.3, -0.25) is 9.36 Å². The van der Waals surface area contributed by atoms with Crippen molar-refractivity contribution in [3.05, 3.63) is 28.9 Å². The van der Waals surface area contributed by atoms with E-state index in [-0.39, 0.29) is 5.91 Å². The second kappa shape index (κ2) is 6.83. The number of pyridine rings is 1. The van der Waals surface area contributed by atoms with Gasteiger partial charge in [0.2, 0.25) is 5.95 Å². The molecule has 0 radical (unpaired) electrons. The zero-order chi connectivity index (χ0) is 17.1. The number of nitrogen functional groups attached to an aromatic ring is 2. The number of nitrogens with zero attached hydrogens (tertiary/aromatic N) is 4. The van der Waals surface area contributed by atoms with Crippen molar-refractivity contribution in [2.75, 3.05) is 18.0 Å². The number of hydrogen-bond acceptors (Lipinski definition) is 7. The van der Waals surface area contributed by atoms with Gasteiger partial charge < -0.3 is 16.8 Å². The molecule has 0 aliphatic heterocycles. The maximum Gasteiger partial charge on any atom is 0.252 e. The molecule has 0 aromatic carbocycles. The number of thiazole rings is 1. The lowest BCUT2D eigenvalue weighted by molar-refractivity contribution is 0.0953. The summed E-state index contributed by atoms with van der Waals surface area (Å²) in [7, 11) is 0. The zero-order valence-electron chi connectivity index (χ0n) is 13.3. The molecule has 3 rings (SSSR count). The van der Waals surface area contributed by atoms with Gasteiger partial charge in [-0.25, -0.2) is 15.0 Å². The molecular weight excluding hydrogens is 326 g/mol. The van der Waals surface area contributed by atoms with Crippen LogP contribution in [-0.2, 0) is 13.0 Å². The lowest BCUT2D eigenvalue weighted by Crippen LogP contribution is -2.25. The van der Waals surface area contributed by atoms with Gasteiger partial charge in [0, 0.05) is 24.7 Å². The number of rotatable bonds is 6. The van der Waals surface area contributed by atoms with Crippen molar-refractivity contribution in [2.45, 2.75) is 26.3 Å². The van der Waals surface area contributed by atoms with Crippen molar-refractivity contribution in [1.29, 1.82) is 0 Å². The molecule has 126 valence electrons. The third kappa shape index (κ3) is 3.30. The first-order valence-electron chi connectivity index (χ1n) is 7.68. The summed E-state index contributed by atoms with van der Waals surface area (Å²) in [6.07, 6.45) is 3.12. The molecule has 0 bridgehead atoms. The van der Waals surface area contributed by atoms with Crippen molar-refractivity contribution >= 4 is 39.5 Å². The molecule has 0 fully saturated rings. The van der Waals surface area contributed by atoms with E-state index in [1.165, 1.54) is 11.3 Å². The summed E-state index contributed by atoms with van der Waals surface area (Å²) >= 11 is 1.42. The third-order valence-corrected chi connectivity index (χ3v) is 4.38. The zero-order valence-corrected chi connectivity index (χ0v) is 14.1. The van der Waals surface area contributed by atoms with E-state index in [4.69, 9.17) is 11.5 Å². The van der Waals surface area contributed by atoms with Crippen LogP contribution in [-0.4, -0.2) is 32.0 Å². The minimum atomic E-state index is -0.174. The summed E-state index contributed by atoms with van der Waals surface area (Å²) in [5.41, 5.74) is 14.2. The Morgan fingerprint density at radius 2 is 2.21 bits per heavy atom. The Labute approximate surface area is 142 Å². The molecule has 5 N–H and O–H groups in total. The van der Waals surface area contributed by atoms with E-state index in [2.05, 4.69) is 20.3 Å². The summed E-state index contributed by atoms with van der Waals surface area (Å²) in [6, 6.07) is 1.71. The maximum atomic E-state index is 12.2. The van der Waals surface area contributed by atoms with Crippen molar-refractivity contribution in [2.24, 2.45) is 0 Å². The van der Waals surface area contributed by atoms with Crippen LogP contribution in [0.2, 0.25) is 0 Å². The van der Waals surface area contributed by atoms with Crippen LogP contribution in [0.15, 0.2) is 17.6 Å². The second-order valence-electron chi connectivity index (χ2n) is 5.32. The number of nitrogens with two attached hydrogens (primary N) is 2. The first-order chi connectivity index (χ1) is 11.6. The van der Waals surface area contributed by atoms with E-state index in [1.54, 1.807) is 16.8 Å². The molecule has 3 heterocycles. The highest BCUT2D eigenvalue weighted by atomic mass is 32.1. The fourth-order valence-corrected chi connectivity index (χ4v) is 3.07. The summed E-state index contributed by atoms with van der Waals surface area (Å²) in [5, 5.41) is 5.38. The van der Waals surface area contributed by atoms with Crippen LogP contribution in [0, 0.1) is 0 Å². The number of nitrogens with one attached hydrogen (secondary N) is 1. The first-order valence-corrected chi connectivity index (χ1v) is 8.56. The molecule has 0 aliphatic carbocycles. The average molecular weight is 345 g/mol. The fraction of sp³-hybridized carbons (Fsp3) is 0.333. The van der Waals surface area contributed by atoms with E-state index in [0.717, 1.165) is 18.5 Å². The molecule has 1 amide bonds. The Kier molecular flexibility index (Phi) is 4.61. The predicted molar refractivity (Wildman–Crippen MR) is 94.8 cm³/mol. The SMILES string of the molecule is CCn1c(N)nc2cc(C(=O)NCCCc3csc(N)n3)cnc21. The monoisotopic (exact) mass is 345 g/mol. The number of fused-ring (bicyclic) bond motifs is 1. The summed E-state index contributed by atoms with van der Waals surface area (Å²) in [4.78, 5) is 25.0. The quantitative estimate of drug-likeness (QED) is 0.581. The smallest absolute Gasteiger partial charge is 0.252 e. The second-order valence-corrected chi connectivity index (χ2v) is 6.21. The van der Waals surface area contributed by atoms with Gasteiger partial charge in [-0.1, -0.05) is 0 Å². The minimum Gasteiger partial charge on any atom is -0.375 e. The molecule has 3 aromatic rings. The van der Waals surface area contributed by atoms with Gasteiger partial charge in [-0.2, -0.15) is 0 Å². The van der Waals surface area contributed by atoms with Crippen LogP contribution in [0.1, 0.15) is 29.4 Å². The van der Waals surface area contributed by atoms with Crippen LogP contribution < -0.4 is 16.8 Å². The Hall–Kier alpha value is -2.68. The van der Waals surface area contributed by atoms with E-state index >= 15 is 0 Å². The highest BCUT2D eigenvalue weighted by Crippen LogP contribution is 2.16. The Balaban J connectivity index is 1.59. The van der Waals surface area contributed by atoms with Crippen molar-refractivity contribution in [3.63, 3.8) is 0 Å². The Morgan fingerprint density at radius 3 is 2.92 bits per heavy atom. The molecule has 3 aromatic heterocycles. The molecule has 24 heavy (non-hydrogen) atoms. The van der Waals surface area contributed by atoms with Crippen molar-refractivity contribution < 1.29 is 4.79 Å². The molecular formula is C15H19N7OS. The Bertz CT molecular complexity index is 870. The summed E-state index contributed by atoms with van der Waals surface area (Å²) < 4.78 is 1.80. The molecule has 0 unspecified atom stereocenters. The molecule has 8 nitrogen and oxygen atoms in total.